The van der Waals surface area contributed by atoms with Crippen LogP contribution in [0.1, 0.15) is 12.5 Å². The Morgan fingerprint density at radius 3 is 2.33 bits per heavy atom. The molecule has 0 spiro atoms. The summed E-state index contributed by atoms with van der Waals surface area (Å²) in [4.78, 5) is 23.6. The second kappa shape index (κ2) is 6.25. The van der Waals surface area contributed by atoms with Crippen molar-refractivity contribution in [2.75, 3.05) is 18.0 Å². The summed E-state index contributed by atoms with van der Waals surface area (Å²) in [5.74, 6) is -5.30. The Morgan fingerprint density at radius 1 is 1.25 bits per heavy atom. The first-order valence-electron chi connectivity index (χ1n) is 6.80. The number of hydrogen-bond donors (Lipinski definition) is 1. The summed E-state index contributed by atoms with van der Waals surface area (Å²) in [6.07, 6.45) is -7.12. The van der Waals surface area contributed by atoms with E-state index < -0.39 is 29.9 Å². The van der Waals surface area contributed by atoms with Crippen molar-refractivity contribution in [1.29, 1.82) is 0 Å². The number of cyclic esters (lactones) is 1. The number of benzene rings is 1. The number of nitrogens with zero attached hydrogens (tertiary/aromatic N) is 1. The highest BCUT2D eigenvalue weighted by atomic mass is 19.4. The summed E-state index contributed by atoms with van der Waals surface area (Å²) in [5.41, 5.74) is -1.10. The lowest BCUT2D eigenvalue weighted by Gasteiger charge is -2.21. The molecule has 1 heterocycles. The van der Waals surface area contributed by atoms with Crippen LogP contribution in [-0.4, -0.2) is 37.4 Å². The molecule has 1 fully saturated rings. The van der Waals surface area contributed by atoms with Crippen molar-refractivity contribution in [1.82, 2.24) is 5.32 Å². The number of carbonyl (C=O) groups is 2. The fourth-order valence-electron chi connectivity index (χ4n) is 2.11. The summed E-state index contributed by atoms with van der Waals surface area (Å²) in [7, 11) is 0. The van der Waals surface area contributed by atoms with Gasteiger partial charge in [0.05, 0.1) is 13.1 Å². The maximum atomic E-state index is 13.2. The van der Waals surface area contributed by atoms with E-state index in [0.717, 1.165) is 17.0 Å². The molecule has 1 aromatic carbocycles. The van der Waals surface area contributed by atoms with Gasteiger partial charge in [0.1, 0.15) is 6.10 Å². The van der Waals surface area contributed by atoms with E-state index in [9.17, 15) is 31.5 Å². The second-order valence-corrected chi connectivity index (χ2v) is 5.17. The highest BCUT2D eigenvalue weighted by molar-refractivity contribution is 5.89. The molecule has 2 amide bonds. The Morgan fingerprint density at radius 2 is 1.83 bits per heavy atom. The molecule has 132 valence electrons. The normalized spacial score (nSPS) is 18.5. The molecule has 1 N–H and O–H groups in total. The van der Waals surface area contributed by atoms with Gasteiger partial charge in [-0.1, -0.05) is 12.1 Å². The fourth-order valence-corrected chi connectivity index (χ4v) is 2.11. The van der Waals surface area contributed by atoms with Crippen molar-refractivity contribution < 1.29 is 36.3 Å². The van der Waals surface area contributed by atoms with Crippen LogP contribution in [0, 0.1) is 0 Å². The summed E-state index contributed by atoms with van der Waals surface area (Å²) < 4.78 is 68.4. The summed E-state index contributed by atoms with van der Waals surface area (Å²) in [6.45, 7) is 1.39. The van der Waals surface area contributed by atoms with E-state index in [0.29, 0.717) is 12.1 Å². The van der Waals surface area contributed by atoms with Crippen molar-refractivity contribution in [3.8, 4) is 0 Å². The molecule has 0 bridgehead atoms. The van der Waals surface area contributed by atoms with Crippen LogP contribution in [-0.2, 0) is 15.5 Å². The maximum absolute atomic E-state index is 13.2. The van der Waals surface area contributed by atoms with Crippen LogP contribution < -0.4 is 10.2 Å². The van der Waals surface area contributed by atoms with E-state index in [4.69, 9.17) is 4.74 Å². The standard InChI is InChI=1S/C14H13F5N2O3/c1-8(22)20-6-11-7-21(12(23)24-11)10-4-2-9(3-5-10)13(15,16)14(17,18)19/h2-5,11H,6-7H2,1H3,(H,20,22)/t11-/m0/s1. The van der Waals surface area contributed by atoms with Gasteiger partial charge in [-0.15, -0.1) is 0 Å². The highest BCUT2D eigenvalue weighted by Gasteiger charge is 2.58. The first-order chi connectivity index (χ1) is 11.0. The van der Waals surface area contributed by atoms with Crippen LogP contribution in [0.5, 0.6) is 0 Å². The Bertz CT molecular complexity index is 630. The van der Waals surface area contributed by atoms with Gasteiger partial charge in [0.2, 0.25) is 5.91 Å². The molecule has 1 aliphatic heterocycles. The number of rotatable bonds is 4. The predicted molar refractivity (Wildman–Crippen MR) is 72.7 cm³/mol. The number of anilines is 1. The molecule has 0 radical (unpaired) electrons. The summed E-state index contributed by atoms with van der Waals surface area (Å²) in [6, 6.07) is 3.18. The van der Waals surface area contributed by atoms with Gasteiger partial charge in [0.25, 0.3) is 0 Å². The molecule has 0 aromatic heterocycles. The molecule has 1 atom stereocenters. The number of carbonyl (C=O) groups excluding carboxylic acids is 2. The van der Waals surface area contributed by atoms with Gasteiger partial charge >= 0.3 is 18.2 Å². The van der Waals surface area contributed by atoms with Gasteiger partial charge in [-0.2, -0.15) is 22.0 Å². The van der Waals surface area contributed by atoms with Gasteiger partial charge in [-0.25, -0.2) is 4.79 Å². The molecule has 24 heavy (non-hydrogen) atoms. The first-order valence-corrected chi connectivity index (χ1v) is 6.80. The van der Waals surface area contributed by atoms with Crippen molar-refractivity contribution in [3.05, 3.63) is 29.8 Å². The van der Waals surface area contributed by atoms with Gasteiger partial charge in [-0.05, 0) is 12.1 Å². The van der Waals surface area contributed by atoms with E-state index in [1.54, 1.807) is 0 Å². The molecule has 2 rings (SSSR count). The number of ether oxygens (including phenoxy) is 1. The molecular weight excluding hydrogens is 339 g/mol. The smallest absolute Gasteiger partial charge is 0.442 e. The molecule has 1 saturated heterocycles. The van der Waals surface area contributed by atoms with Crippen LogP contribution in [0.2, 0.25) is 0 Å². The average molecular weight is 352 g/mol. The summed E-state index contributed by atoms with van der Waals surface area (Å²) >= 11 is 0. The van der Waals surface area contributed by atoms with Crippen LogP contribution in [0.15, 0.2) is 24.3 Å². The summed E-state index contributed by atoms with van der Waals surface area (Å²) in [5, 5.41) is 2.46. The number of nitrogens with one attached hydrogen (secondary N) is 1. The largest absolute Gasteiger partial charge is 0.458 e. The van der Waals surface area contributed by atoms with Crippen molar-refractivity contribution >= 4 is 17.7 Å². The molecular formula is C14H13F5N2O3. The number of amides is 2. The molecule has 10 heteroatoms. The minimum atomic E-state index is -5.70. The average Bonchev–Trinajstić information content (AvgIpc) is 2.85. The van der Waals surface area contributed by atoms with Gasteiger partial charge in [-0.3, -0.25) is 9.69 Å². The third-order valence-corrected chi connectivity index (χ3v) is 3.35. The Labute approximate surface area is 133 Å². The number of halogens is 5. The van der Waals surface area contributed by atoms with Crippen LogP contribution in [0.4, 0.5) is 32.4 Å². The zero-order chi connectivity index (χ0) is 18.1. The molecule has 1 aliphatic rings. The quantitative estimate of drug-likeness (QED) is 0.848. The van der Waals surface area contributed by atoms with E-state index in [1.807, 2.05) is 0 Å². The third-order valence-electron chi connectivity index (χ3n) is 3.35. The van der Waals surface area contributed by atoms with E-state index in [1.165, 1.54) is 6.92 Å². The fraction of sp³-hybridized carbons (Fsp3) is 0.429. The zero-order valence-corrected chi connectivity index (χ0v) is 12.4. The molecule has 5 nitrogen and oxygen atoms in total. The van der Waals surface area contributed by atoms with Crippen molar-refractivity contribution in [2.45, 2.75) is 25.1 Å². The Kier molecular flexibility index (Phi) is 4.68. The highest BCUT2D eigenvalue weighted by Crippen LogP contribution is 2.44. The topological polar surface area (TPSA) is 58.6 Å². The second-order valence-electron chi connectivity index (χ2n) is 5.17. The van der Waals surface area contributed by atoms with Crippen LogP contribution >= 0.6 is 0 Å². The lowest BCUT2D eigenvalue weighted by atomic mass is 10.1. The van der Waals surface area contributed by atoms with Crippen molar-refractivity contribution in [3.63, 3.8) is 0 Å². The van der Waals surface area contributed by atoms with Gasteiger partial charge < -0.3 is 10.1 Å². The SMILES string of the molecule is CC(=O)NC[C@H]1CN(c2ccc(C(F)(F)C(F)(F)F)cc2)C(=O)O1. The molecule has 0 unspecified atom stereocenters. The minimum Gasteiger partial charge on any atom is -0.442 e. The van der Waals surface area contributed by atoms with E-state index >= 15 is 0 Å². The maximum Gasteiger partial charge on any atom is 0.458 e. The lowest BCUT2D eigenvalue weighted by molar-refractivity contribution is -0.289. The minimum absolute atomic E-state index is 0.0358. The molecule has 1 aromatic rings. The lowest BCUT2D eigenvalue weighted by Crippen LogP contribution is -2.34. The van der Waals surface area contributed by atoms with Crippen molar-refractivity contribution in [2.24, 2.45) is 0 Å². The number of hydrogen-bond acceptors (Lipinski definition) is 3. The van der Waals surface area contributed by atoms with E-state index in [2.05, 4.69) is 5.32 Å². The van der Waals surface area contributed by atoms with Crippen LogP contribution in [0.25, 0.3) is 0 Å². The number of alkyl halides is 5. The Hall–Kier alpha value is -2.39. The van der Waals surface area contributed by atoms with Gasteiger partial charge in [0.15, 0.2) is 0 Å². The van der Waals surface area contributed by atoms with E-state index in [-0.39, 0.29) is 24.7 Å². The zero-order valence-electron chi connectivity index (χ0n) is 12.4. The Balaban J connectivity index is 2.11. The third kappa shape index (κ3) is 3.57. The first kappa shape index (κ1) is 18.0. The molecule has 0 saturated carbocycles. The predicted octanol–water partition coefficient (Wildman–Crippen LogP) is 2.80. The monoisotopic (exact) mass is 352 g/mol. The molecule has 0 aliphatic carbocycles. The van der Waals surface area contributed by atoms with Crippen LogP contribution in [0.3, 0.4) is 0 Å². The van der Waals surface area contributed by atoms with Gasteiger partial charge in [0, 0.05) is 18.2 Å².